The molecule has 0 aromatic carbocycles. The molecule has 13 heavy (non-hydrogen) atoms. The maximum atomic E-state index is 9.92. The van der Waals surface area contributed by atoms with Crippen LogP contribution in [0.4, 0.5) is 0 Å². The summed E-state index contributed by atoms with van der Waals surface area (Å²) in [6, 6.07) is 0.572. The lowest BCUT2D eigenvalue weighted by atomic mass is 9.84. The molecule has 1 heterocycles. The minimum absolute atomic E-state index is 0.115. The molecule has 1 rings (SSSR count). The lowest BCUT2D eigenvalue weighted by molar-refractivity contribution is -0.00764. The van der Waals surface area contributed by atoms with E-state index in [9.17, 15) is 5.11 Å². The molecule has 0 aromatic heterocycles. The summed E-state index contributed by atoms with van der Waals surface area (Å²) >= 11 is 0. The van der Waals surface area contributed by atoms with Crippen LogP contribution in [0.3, 0.4) is 0 Å². The molecular weight excluding hydrogens is 162 g/mol. The van der Waals surface area contributed by atoms with Crippen molar-refractivity contribution in [3.8, 4) is 0 Å². The van der Waals surface area contributed by atoms with Crippen LogP contribution in [-0.4, -0.2) is 35.2 Å². The molecule has 1 N–H and O–H groups in total. The first kappa shape index (κ1) is 11.0. The SMILES string of the molecule is CC(C)[C@H]1CCN(C(C)C)C[C@@H]1O. The fourth-order valence-electron chi connectivity index (χ4n) is 2.22. The van der Waals surface area contributed by atoms with Crippen LogP contribution >= 0.6 is 0 Å². The third-order valence-electron chi connectivity index (χ3n) is 3.25. The lowest BCUT2D eigenvalue weighted by Crippen LogP contribution is -2.48. The van der Waals surface area contributed by atoms with Gasteiger partial charge < -0.3 is 5.11 Å². The standard InChI is InChI=1S/C11H23NO/c1-8(2)10-5-6-12(9(3)4)7-11(10)13/h8-11,13H,5-7H2,1-4H3/t10-,11+/m1/s1. The third kappa shape index (κ3) is 2.68. The van der Waals surface area contributed by atoms with Gasteiger partial charge in [0, 0.05) is 12.6 Å². The van der Waals surface area contributed by atoms with Crippen molar-refractivity contribution in [3.05, 3.63) is 0 Å². The molecule has 1 aliphatic rings. The van der Waals surface area contributed by atoms with E-state index in [0.29, 0.717) is 17.9 Å². The average Bonchev–Trinajstić information content (AvgIpc) is 2.03. The van der Waals surface area contributed by atoms with Crippen LogP contribution < -0.4 is 0 Å². The number of aliphatic hydroxyl groups is 1. The van der Waals surface area contributed by atoms with E-state index in [1.54, 1.807) is 0 Å². The van der Waals surface area contributed by atoms with Crippen molar-refractivity contribution < 1.29 is 5.11 Å². The van der Waals surface area contributed by atoms with Crippen LogP contribution in [-0.2, 0) is 0 Å². The Morgan fingerprint density at radius 3 is 2.23 bits per heavy atom. The summed E-state index contributed by atoms with van der Waals surface area (Å²) in [6.07, 6.45) is 1.04. The Morgan fingerprint density at radius 1 is 1.23 bits per heavy atom. The Balaban J connectivity index is 2.46. The fourth-order valence-corrected chi connectivity index (χ4v) is 2.22. The van der Waals surface area contributed by atoms with E-state index in [2.05, 4.69) is 32.6 Å². The third-order valence-corrected chi connectivity index (χ3v) is 3.25. The maximum absolute atomic E-state index is 9.92. The van der Waals surface area contributed by atoms with Crippen molar-refractivity contribution >= 4 is 0 Å². The van der Waals surface area contributed by atoms with Gasteiger partial charge in [-0.1, -0.05) is 13.8 Å². The van der Waals surface area contributed by atoms with Crippen LogP contribution in [0, 0.1) is 11.8 Å². The van der Waals surface area contributed by atoms with Gasteiger partial charge in [0.1, 0.15) is 0 Å². The van der Waals surface area contributed by atoms with Crippen LogP contribution in [0.2, 0.25) is 0 Å². The van der Waals surface area contributed by atoms with Gasteiger partial charge in [-0.3, -0.25) is 4.90 Å². The molecule has 0 bridgehead atoms. The minimum Gasteiger partial charge on any atom is -0.391 e. The van der Waals surface area contributed by atoms with E-state index in [4.69, 9.17) is 0 Å². The van der Waals surface area contributed by atoms with Gasteiger partial charge >= 0.3 is 0 Å². The summed E-state index contributed by atoms with van der Waals surface area (Å²) in [4.78, 5) is 2.36. The highest BCUT2D eigenvalue weighted by atomic mass is 16.3. The average molecular weight is 185 g/mol. The minimum atomic E-state index is -0.115. The Labute approximate surface area is 81.9 Å². The fraction of sp³-hybridized carbons (Fsp3) is 1.00. The van der Waals surface area contributed by atoms with Gasteiger partial charge in [0.2, 0.25) is 0 Å². The topological polar surface area (TPSA) is 23.5 Å². The second-order valence-corrected chi connectivity index (χ2v) is 4.85. The summed E-state index contributed by atoms with van der Waals surface area (Å²) in [5.41, 5.74) is 0. The highest BCUT2D eigenvalue weighted by Crippen LogP contribution is 2.25. The van der Waals surface area contributed by atoms with Gasteiger partial charge in [-0.15, -0.1) is 0 Å². The van der Waals surface area contributed by atoms with Crippen molar-refractivity contribution in [1.29, 1.82) is 0 Å². The zero-order valence-corrected chi connectivity index (χ0v) is 9.33. The van der Waals surface area contributed by atoms with Gasteiger partial charge in [-0.25, -0.2) is 0 Å². The van der Waals surface area contributed by atoms with Crippen LogP contribution in [0.25, 0.3) is 0 Å². The Morgan fingerprint density at radius 2 is 1.85 bits per heavy atom. The van der Waals surface area contributed by atoms with E-state index in [-0.39, 0.29) is 6.10 Å². The molecule has 1 fully saturated rings. The monoisotopic (exact) mass is 185 g/mol. The molecule has 0 saturated carbocycles. The second-order valence-electron chi connectivity index (χ2n) is 4.85. The van der Waals surface area contributed by atoms with Gasteiger partial charge in [0.05, 0.1) is 6.10 Å². The summed E-state index contributed by atoms with van der Waals surface area (Å²) in [5, 5.41) is 9.92. The summed E-state index contributed by atoms with van der Waals surface area (Å²) in [6.45, 7) is 10.8. The molecular formula is C11H23NO. The summed E-state index contributed by atoms with van der Waals surface area (Å²) < 4.78 is 0. The van der Waals surface area contributed by atoms with Gasteiger partial charge in [-0.05, 0) is 38.6 Å². The van der Waals surface area contributed by atoms with Crippen LogP contribution in [0.15, 0.2) is 0 Å². The van der Waals surface area contributed by atoms with E-state index in [0.717, 1.165) is 19.5 Å². The number of nitrogens with zero attached hydrogens (tertiary/aromatic N) is 1. The molecule has 2 atom stereocenters. The highest BCUT2D eigenvalue weighted by Gasteiger charge is 2.30. The Bertz CT molecular complexity index is 156. The van der Waals surface area contributed by atoms with Crippen LogP contribution in [0.5, 0.6) is 0 Å². The van der Waals surface area contributed by atoms with Crippen molar-refractivity contribution in [1.82, 2.24) is 4.90 Å². The van der Waals surface area contributed by atoms with E-state index in [1.165, 1.54) is 0 Å². The Kier molecular flexibility index (Phi) is 3.74. The van der Waals surface area contributed by atoms with Crippen molar-refractivity contribution in [2.45, 2.75) is 46.3 Å². The maximum Gasteiger partial charge on any atom is 0.0698 e. The largest absolute Gasteiger partial charge is 0.391 e. The quantitative estimate of drug-likeness (QED) is 0.708. The first-order valence-electron chi connectivity index (χ1n) is 5.44. The number of aliphatic hydroxyl groups excluding tert-OH is 1. The number of hydrogen-bond acceptors (Lipinski definition) is 2. The predicted molar refractivity (Wildman–Crippen MR) is 55.7 cm³/mol. The molecule has 0 spiro atoms. The van der Waals surface area contributed by atoms with Crippen LogP contribution in [0.1, 0.15) is 34.1 Å². The molecule has 0 amide bonds. The van der Waals surface area contributed by atoms with Crippen molar-refractivity contribution in [2.75, 3.05) is 13.1 Å². The Hall–Kier alpha value is -0.0800. The number of β-amino-alcohol motifs (C(OH)–C–C–N with tert-alkyl or cyclic N) is 1. The first-order valence-corrected chi connectivity index (χ1v) is 5.44. The van der Waals surface area contributed by atoms with Gasteiger partial charge in [0.15, 0.2) is 0 Å². The number of likely N-dealkylation sites (tertiary alicyclic amines) is 1. The molecule has 1 aliphatic heterocycles. The summed E-state index contributed by atoms with van der Waals surface area (Å²) in [7, 11) is 0. The van der Waals surface area contributed by atoms with Gasteiger partial charge in [0.25, 0.3) is 0 Å². The molecule has 2 nitrogen and oxygen atoms in total. The molecule has 2 heteroatoms. The number of piperidine rings is 1. The molecule has 0 aromatic rings. The summed E-state index contributed by atoms with van der Waals surface area (Å²) in [5.74, 6) is 1.12. The van der Waals surface area contributed by atoms with E-state index < -0.39 is 0 Å². The smallest absolute Gasteiger partial charge is 0.0698 e. The number of rotatable bonds is 2. The zero-order valence-electron chi connectivity index (χ0n) is 9.33. The zero-order chi connectivity index (χ0) is 10.0. The molecule has 1 saturated heterocycles. The van der Waals surface area contributed by atoms with Crippen molar-refractivity contribution in [2.24, 2.45) is 11.8 Å². The molecule has 0 radical (unpaired) electrons. The lowest BCUT2D eigenvalue weighted by Gasteiger charge is -2.39. The van der Waals surface area contributed by atoms with Crippen molar-refractivity contribution in [3.63, 3.8) is 0 Å². The number of hydrogen-bond donors (Lipinski definition) is 1. The van der Waals surface area contributed by atoms with E-state index >= 15 is 0 Å². The molecule has 0 unspecified atom stereocenters. The highest BCUT2D eigenvalue weighted by molar-refractivity contribution is 4.82. The normalized spacial score (nSPS) is 31.6. The van der Waals surface area contributed by atoms with Gasteiger partial charge in [-0.2, -0.15) is 0 Å². The predicted octanol–water partition coefficient (Wildman–Crippen LogP) is 1.73. The second kappa shape index (κ2) is 4.43. The molecule has 0 aliphatic carbocycles. The first-order chi connectivity index (χ1) is 6.02. The molecule has 78 valence electrons. The van der Waals surface area contributed by atoms with E-state index in [1.807, 2.05) is 0 Å².